The standard InChI is InChI=1S/C17H20ClN3O/c1-3-21-9-8-14(19-21)11-20(2)17(22)16-10-15(16)12-4-6-13(18)7-5-12/h4-9,15-16H,3,10-11H2,1-2H3. The van der Waals surface area contributed by atoms with E-state index in [1.54, 1.807) is 4.90 Å². The molecule has 0 aliphatic heterocycles. The van der Waals surface area contributed by atoms with Crippen molar-refractivity contribution in [2.75, 3.05) is 7.05 Å². The van der Waals surface area contributed by atoms with E-state index in [1.165, 1.54) is 5.56 Å². The third-order valence-electron chi connectivity index (χ3n) is 4.20. The fourth-order valence-corrected chi connectivity index (χ4v) is 2.94. The van der Waals surface area contributed by atoms with Crippen molar-refractivity contribution < 1.29 is 4.79 Å². The Bertz CT molecular complexity index is 665. The van der Waals surface area contributed by atoms with Gasteiger partial charge in [0.2, 0.25) is 5.91 Å². The Morgan fingerprint density at radius 1 is 1.36 bits per heavy atom. The van der Waals surface area contributed by atoms with Gasteiger partial charge in [0.05, 0.1) is 12.2 Å². The van der Waals surface area contributed by atoms with E-state index in [0.29, 0.717) is 12.5 Å². The molecule has 0 bridgehead atoms. The predicted molar refractivity (Wildman–Crippen MR) is 86.7 cm³/mol. The summed E-state index contributed by atoms with van der Waals surface area (Å²) in [5.74, 6) is 0.630. The van der Waals surface area contributed by atoms with Crippen LogP contribution in [0.3, 0.4) is 0 Å². The molecule has 0 N–H and O–H groups in total. The van der Waals surface area contributed by atoms with Crippen LogP contribution >= 0.6 is 11.6 Å². The van der Waals surface area contributed by atoms with Crippen LogP contribution in [0.15, 0.2) is 36.5 Å². The normalized spacial score (nSPS) is 20.0. The maximum atomic E-state index is 12.5. The van der Waals surface area contributed by atoms with E-state index >= 15 is 0 Å². The summed E-state index contributed by atoms with van der Waals surface area (Å²) in [6, 6.07) is 9.78. The molecule has 1 aromatic carbocycles. The Labute approximate surface area is 135 Å². The van der Waals surface area contributed by atoms with E-state index in [2.05, 4.69) is 5.10 Å². The van der Waals surface area contributed by atoms with Gasteiger partial charge in [-0.2, -0.15) is 5.10 Å². The number of hydrogen-bond acceptors (Lipinski definition) is 2. The maximum Gasteiger partial charge on any atom is 0.226 e. The van der Waals surface area contributed by atoms with E-state index in [4.69, 9.17) is 11.6 Å². The van der Waals surface area contributed by atoms with Crippen LogP contribution < -0.4 is 0 Å². The highest BCUT2D eigenvalue weighted by Gasteiger charge is 2.45. The molecule has 1 saturated carbocycles. The van der Waals surface area contributed by atoms with Gasteiger partial charge in [-0.1, -0.05) is 23.7 Å². The average Bonchev–Trinajstić information content (AvgIpc) is 3.19. The van der Waals surface area contributed by atoms with Crippen LogP contribution in [0.2, 0.25) is 5.02 Å². The van der Waals surface area contributed by atoms with E-state index in [9.17, 15) is 4.79 Å². The smallest absolute Gasteiger partial charge is 0.226 e. The van der Waals surface area contributed by atoms with Gasteiger partial charge in [0.25, 0.3) is 0 Å². The van der Waals surface area contributed by atoms with Gasteiger partial charge in [0, 0.05) is 30.7 Å². The highest BCUT2D eigenvalue weighted by atomic mass is 35.5. The molecule has 1 aliphatic rings. The summed E-state index contributed by atoms with van der Waals surface area (Å²) >= 11 is 5.91. The number of nitrogens with zero attached hydrogens (tertiary/aromatic N) is 3. The molecule has 0 saturated heterocycles. The summed E-state index contributed by atoms with van der Waals surface area (Å²) in [6.45, 7) is 3.46. The van der Waals surface area contributed by atoms with E-state index in [-0.39, 0.29) is 11.8 Å². The fourth-order valence-electron chi connectivity index (χ4n) is 2.81. The Kier molecular flexibility index (Phi) is 4.21. The molecule has 0 radical (unpaired) electrons. The zero-order valence-corrected chi connectivity index (χ0v) is 13.6. The molecular weight excluding hydrogens is 298 g/mol. The zero-order chi connectivity index (χ0) is 15.7. The molecule has 2 aromatic rings. The highest BCUT2D eigenvalue weighted by Crippen LogP contribution is 2.48. The van der Waals surface area contributed by atoms with Crippen LogP contribution in [0, 0.1) is 5.92 Å². The lowest BCUT2D eigenvalue weighted by atomic mass is 10.1. The van der Waals surface area contributed by atoms with Crippen LogP contribution in [0.4, 0.5) is 0 Å². The molecular formula is C17H20ClN3O. The topological polar surface area (TPSA) is 38.1 Å². The molecule has 1 heterocycles. The van der Waals surface area contributed by atoms with Crippen molar-refractivity contribution in [3.8, 4) is 0 Å². The van der Waals surface area contributed by atoms with Gasteiger partial charge < -0.3 is 4.90 Å². The number of halogens is 1. The van der Waals surface area contributed by atoms with Crippen molar-refractivity contribution in [3.63, 3.8) is 0 Å². The number of hydrogen-bond donors (Lipinski definition) is 0. The lowest BCUT2D eigenvalue weighted by molar-refractivity contribution is -0.131. The van der Waals surface area contributed by atoms with Gasteiger partial charge in [0.1, 0.15) is 0 Å². The van der Waals surface area contributed by atoms with Gasteiger partial charge in [-0.05, 0) is 43.0 Å². The maximum absolute atomic E-state index is 12.5. The molecule has 1 amide bonds. The van der Waals surface area contributed by atoms with Crippen molar-refractivity contribution in [2.45, 2.75) is 32.4 Å². The number of benzene rings is 1. The van der Waals surface area contributed by atoms with Crippen molar-refractivity contribution in [3.05, 3.63) is 52.8 Å². The predicted octanol–water partition coefficient (Wildman–Crippen LogP) is 3.32. The number of rotatable bonds is 5. The summed E-state index contributed by atoms with van der Waals surface area (Å²) in [5, 5.41) is 5.16. The minimum absolute atomic E-state index is 0.0967. The zero-order valence-electron chi connectivity index (χ0n) is 12.9. The molecule has 1 aromatic heterocycles. The minimum Gasteiger partial charge on any atom is -0.340 e. The number of amides is 1. The van der Waals surface area contributed by atoms with Gasteiger partial charge in [0.15, 0.2) is 0 Å². The van der Waals surface area contributed by atoms with Gasteiger partial charge in [-0.25, -0.2) is 0 Å². The Morgan fingerprint density at radius 3 is 2.73 bits per heavy atom. The molecule has 116 valence electrons. The van der Waals surface area contributed by atoms with Gasteiger partial charge in [-0.15, -0.1) is 0 Å². The molecule has 4 nitrogen and oxygen atoms in total. The first-order valence-corrected chi connectivity index (χ1v) is 7.99. The Hall–Kier alpha value is -1.81. The third-order valence-corrected chi connectivity index (χ3v) is 4.45. The average molecular weight is 318 g/mol. The lowest BCUT2D eigenvalue weighted by Crippen LogP contribution is -2.28. The van der Waals surface area contributed by atoms with Crippen LogP contribution in [0.5, 0.6) is 0 Å². The summed E-state index contributed by atoms with van der Waals surface area (Å²) in [7, 11) is 1.85. The van der Waals surface area contributed by atoms with E-state index in [0.717, 1.165) is 23.7 Å². The molecule has 0 spiro atoms. The fraction of sp³-hybridized carbons (Fsp3) is 0.412. The summed E-state index contributed by atoms with van der Waals surface area (Å²) in [5.41, 5.74) is 2.13. The SMILES string of the molecule is CCn1ccc(CN(C)C(=O)C2CC2c2ccc(Cl)cc2)n1. The van der Waals surface area contributed by atoms with Gasteiger partial charge in [-0.3, -0.25) is 9.48 Å². The summed E-state index contributed by atoms with van der Waals surface area (Å²) in [6.07, 6.45) is 2.87. The van der Waals surface area contributed by atoms with Crippen LogP contribution in [-0.4, -0.2) is 27.6 Å². The second kappa shape index (κ2) is 6.13. The van der Waals surface area contributed by atoms with Crippen molar-refractivity contribution in [1.29, 1.82) is 0 Å². The first-order chi connectivity index (χ1) is 10.6. The Balaban J connectivity index is 1.59. The first-order valence-electron chi connectivity index (χ1n) is 7.61. The van der Waals surface area contributed by atoms with Crippen LogP contribution in [0.1, 0.15) is 30.5 Å². The summed E-state index contributed by atoms with van der Waals surface area (Å²) in [4.78, 5) is 14.3. The molecule has 22 heavy (non-hydrogen) atoms. The second-order valence-corrected chi connectivity index (χ2v) is 6.29. The molecule has 3 rings (SSSR count). The molecule has 5 heteroatoms. The number of carbonyl (C=O) groups is 1. The van der Waals surface area contributed by atoms with Crippen molar-refractivity contribution >= 4 is 17.5 Å². The molecule has 2 unspecified atom stereocenters. The van der Waals surface area contributed by atoms with E-state index < -0.39 is 0 Å². The molecule has 2 atom stereocenters. The Morgan fingerprint density at radius 2 is 2.09 bits per heavy atom. The third kappa shape index (κ3) is 3.17. The number of aryl methyl sites for hydroxylation is 1. The first kappa shape index (κ1) is 15.1. The van der Waals surface area contributed by atoms with Gasteiger partial charge >= 0.3 is 0 Å². The van der Waals surface area contributed by atoms with Crippen molar-refractivity contribution in [2.24, 2.45) is 5.92 Å². The lowest BCUT2D eigenvalue weighted by Gasteiger charge is -2.16. The highest BCUT2D eigenvalue weighted by molar-refractivity contribution is 6.30. The summed E-state index contributed by atoms with van der Waals surface area (Å²) < 4.78 is 1.88. The monoisotopic (exact) mass is 317 g/mol. The second-order valence-electron chi connectivity index (χ2n) is 5.86. The molecule has 1 aliphatic carbocycles. The van der Waals surface area contributed by atoms with E-state index in [1.807, 2.05) is 55.2 Å². The van der Waals surface area contributed by atoms with Crippen molar-refractivity contribution in [1.82, 2.24) is 14.7 Å². The quantitative estimate of drug-likeness (QED) is 0.848. The largest absolute Gasteiger partial charge is 0.340 e. The minimum atomic E-state index is 0.0967. The number of aromatic nitrogens is 2. The van der Waals surface area contributed by atoms with Crippen LogP contribution in [0.25, 0.3) is 0 Å². The molecule has 1 fully saturated rings. The number of carbonyl (C=O) groups excluding carboxylic acids is 1. The van der Waals surface area contributed by atoms with Crippen LogP contribution in [-0.2, 0) is 17.9 Å².